The molecular weight excluding hydrogens is 210 g/mol. The first-order valence-electron chi connectivity index (χ1n) is 7.24. The van der Waals surface area contributed by atoms with Crippen molar-refractivity contribution in [1.82, 2.24) is 9.80 Å². The molecule has 3 heteroatoms. The average Bonchev–Trinajstić information content (AvgIpc) is 2.32. The molecule has 2 fully saturated rings. The van der Waals surface area contributed by atoms with Gasteiger partial charge in [-0.15, -0.1) is 0 Å². The molecule has 1 saturated heterocycles. The zero-order valence-corrected chi connectivity index (χ0v) is 11.7. The van der Waals surface area contributed by atoms with E-state index in [1.165, 1.54) is 45.2 Å². The van der Waals surface area contributed by atoms with Gasteiger partial charge in [0.2, 0.25) is 0 Å². The Bertz CT molecular complexity index is 236. The Kier molecular flexibility index (Phi) is 4.45. The lowest BCUT2D eigenvalue weighted by Crippen LogP contribution is -2.54. The van der Waals surface area contributed by atoms with E-state index in [1.54, 1.807) is 0 Å². The van der Waals surface area contributed by atoms with Crippen molar-refractivity contribution in [3.8, 4) is 0 Å². The van der Waals surface area contributed by atoms with Crippen molar-refractivity contribution in [2.45, 2.75) is 57.2 Å². The third-order valence-corrected chi connectivity index (χ3v) is 4.92. The number of hydrogen-bond donors (Lipinski definition) is 1. The SMILES string of the molecule is CC1CCC(N)C(N(C)C2CCN(C)CC2)C1. The van der Waals surface area contributed by atoms with Crippen LogP contribution < -0.4 is 5.73 Å². The molecule has 2 aliphatic rings. The molecule has 2 N–H and O–H groups in total. The van der Waals surface area contributed by atoms with Crippen LogP contribution >= 0.6 is 0 Å². The third kappa shape index (κ3) is 3.21. The fraction of sp³-hybridized carbons (Fsp3) is 1.00. The van der Waals surface area contributed by atoms with Gasteiger partial charge in [0.15, 0.2) is 0 Å². The molecule has 0 bridgehead atoms. The quantitative estimate of drug-likeness (QED) is 0.793. The molecule has 3 atom stereocenters. The van der Waals surface area contributed by atoms with Gasteiger partial charge in [-0.05, 0) is 65.2 Å². The number of nitrogens with zero attached hydrogens (tertiary/aromatic N) is 2. The summed E-state index contributed by atoms with van der Waals surface area (Å²) in [5.41, 5.74) is 6.32. The molecule has 0 aromatic heterocycles. The molecule has 1 heterocycles. The van der Waals surface area contributed by atoms with Crippen LogP contribution in [0.1, 0.15) is 39.0 Å². The van der Waals surface area contributed by atoms with Crippen molar-refractivity contribution in [3.63, 3.8) is 0 Å². The maximum absolute atomic E-state index is 6.32. The highest BCUT2D eigenvalue weighted by Crippen LogP contribution is 2.29. The number of rotatable bonds is 2. The Hall–Kier alpha value is -0.120. The number of likely N-dealkylation sites (N-methyl/N-ethyl adjacent to an activating group) is 1. The molecule has 2 rings (SSSR count). The number of nitrogens with two attached hydrogens (primary N) is 1. The van der Waals surface area contributed by atoms with Crippen LogP contribution in [-0.2, 0) is 0 Å². The van der Waals surface area contributed by atoms with Crippen LogP contribution in [0.5, 0.6) is 0 Å². The van der Waals surface area contributed by atoms with Gasteiger partial charge in [-0.2, -0.15) is 0 Å². The monoisotopic (exact) mass is 239 g/mol. The Morgan fingerprint density at radius 3 is 2.41 bits per heavy atom. The van der Waals surface area contributed by atoms with E-state index in [1.807, 2.05) is 0 Å². The normalized spacial score (nSPS) is 37.6. The number of hydrogen-bond acceptors (Lipinski definition) is 3. The predicted molar refractivity (Wildman–Crippen MR) is 73.1 cm³/mol. The van der Waals surface area contributed by atoms with Crippen LogP contribution in [0.15, 0.2) is 0 Å². The first-order chi connectivity index (χ1) is 8.08. The zero-order valence-electron chi connectivity index (χ0n) is 11.7. The maximum atomic E-state index is 6.32. The molecule has 17 heavy (non-hydrogen) atoms. The van der Waals surface area contributed by atoms with E-state index in [2.05, 4.69) is 30.8 Å². The standard InChI is InChI=1S/C14H29N3/c1-11-4-5-13(15)14(10-11)17(3)12-6-8-16(2)9-7-12/h11-14H,4-10,15H2,1-3H3. The maximum Gasteiger partial charge on any atom is 0.0249 e. The molecule has 0 amide bonds. The smallest absolute Gasteiger partial charge is 0.0249 e. The minimum atomic E-state index is 0.399. The van der Waals surface area contributed by atoms with Gasteiger partial charge in [0.1, 0.15) is 0 Å². The summed E-state index contributed by atoms with van der Waals surface area (Å²) in [5, 5.41) is 0. The van der Waals surface area contributed by atoms with E-state index in [-0.39, 0.29) is 0 Å². The number of piperidine rings is 1. The second-order valence-electron chi connectivity index (χ2n) is 6.35. The van der Waals surface area contributed by atoms with E-state index < -0.39 is 0 Å². The highest BCUT2D eigenvalue weighted by atomic mass is 15.2. The summed E-state index contributed by atoms with van der Waals surface area (Å²) in [6.07, 6.45) is 6.45. The molecule has 1 saturated carbocycles. The molecule has 100 valence electrons. The Labute approximate surface area is 106 Å². The van der Waals surface area contributed by atoms with Crippen LogP contribution in [-0.4, -0.2) is 55.1 Å². The lowest BCUT2D eigenvalue weighted by molar-refractivity contribution is 0.0663. The zero-order chi connectivity index (χ0) is 12.4. The van der Waals surface area contributed by atoms with Crippen molar-refractivity contribution in [1.29, 1.82) is 0 Å². The lowest BCUT2D eigenvalue weighted by atomic mass is 9.82. The topological polar surface area (TPSA) is 32.5 Å². The minimum absolute atomic E-state index is 0.399. The Morgan fingerprint density at radius 2 is 1.76 bits per heavy atom. The predicted octanol–water partition coefficient (Wildman–Crippen LogP) is 1.53. The second kappa shape index (κ2) is 5.68. The van der Waals surface area contributed by atoms with Crippen LogP contribution in [0, 0.1) is 5.92 Å². The summed E-state index contributed by atoms with van der Waals surface area (Å²) < 4.78 is 0. The van der Waals surface area contributed by atoms with Crippen LogP contribution in [0.25, 0.3) is 0 Å². The molecule has 0 aromatic rings. The molecule has 1 aliphatic heterocycles. The molecule has 3 nitrogen and oxygen atoms in total. The van der Waals surface area contributed by atoms with Crippen molar-refractivity contribution in [2.75, 3.05) is 27.2 Å². The minimum Gasteiger partial charge on any atom is -0.326 e. The third-order valence-electron chi connectivity index (χ3n) is 4.92. The first-order valence-corrected chi connectivity index (χ1v) is 7.24. The number of likely N-dealkylation sites (tertiary alicyclic amines) is 1. The Balaban J connectivity index is 1.91. The largest absolute Gasteiger partial charge is 0.326 e. The van der Waals surface area contributed by atoms with Crippen molar-refractivity contribution in [3.05, 3.63) is 0 Å². The first kappa shape index (κ1) is 13.3. The Morgan fingerprint density at radius 1 is 1.12 bits per heavy atom. The van der Waals surface area contributed by atoms with Gasteiger partial charge < -0.3 is 10.6 Å². The average molecular weight is 239 g/mol. The van der Waals surface area contributed by atoms with Crippen LogP contribution in [0.2, 0.25) is 0 Å². The lowest BCUT2D eigenvalue weighted by Gasteiger charge is -2.44. The van der Waals surface area contributed by atoms with Crippen molar-refractivity contribution < 1.29 is 0 Å². The fourth-order valence-corrected chi connectivity index (χ4v) is 3.52. The van der Waals surface area contributed by atoms with Gasteiger partial charge >= 0.3 is 0 Å². The second-order valence-corrected chi connectivity index (χ2v) is 6.35. The van der Waals surface area contributed by atoms with Gasteiger partial charge in [0, 0.05) is 18.1 Å². The molecule has 0 spiro atoms. The fourth-order valence-electron chi connectivity index (χ4n) is 3.52. The molecule has 0 aromatic carbocycles. The van der Waals surface area contributed by atoms with Crippen molar-refractivity contribution in [2.24, 2.45) is 11.7 Å². The summed E-state index contributed by atoms with van der Waals surface area (Å²) >= 11 is 0. The summed E-state index contributed by atoms with van der Waals surface area (Å²) in [6, 6.07) is 1.77. The van der Waals surface area contributed by atoms with Gasteiger partial charge in [0.05, 0.1) is 0 Å². The van der Waals surface area contributed by atoms with Gasteiger partial charge in [-0.25, -0.2) is 0 Å². The molecular formula is C14H29N3. The van der Waals surface area contributed by atoms with Gasteiger partial charge in [-0.1, -0.05) is 6.92 Å². The van der Waals surface area contributed by atoms with E-state index >= 15 is 0 Å². The highest BCUT2D eigenvalue weighted by molar-refractivity contribution is 4.90. The summed E-state index contributed by atoms with van der Waals surface area (Å²) in [6.45, 7) is 4.86. The van der Waals surface area contributed by atoms with E-state index in [9.17, 15) is 0 Å². The van der Waals surface area contributed by atoms with E-state index in [0.29, 0.717) is 12.1 Å². The highest BCUT2D eigenvalue weighted by Gasteiger charge is 2.33. The molecule has 0 radical (unpaired) electrons. The van der Waals surface area contributed by atoms with Gasteiger partial charge in [-0.3, -0.25) is 4.90 Å². The van der Waals surface area contributed by atoms with Crippen LogP contribution in [0.4, 0.5) is 0 Å². The summed E-state index contributed by atoms with van der Waals surface area (Å²) in [4.78, 5) is 5.04. The molecule has 3 unspecified atom stereocenters. The summed E-state index contributed by atoms with van der Waals surface area (Å²) in [7, 11) is 4.53. The van der Waals surface area contributed by atoms with Gasteiger partial charge in [0.25, 0.3) is 0 Å². The van der Waals surface area contributed by atoms with Crippen LogP contribution in [0.3, 0.4) is 0 Å². The summed E-state index contributed by atoms with van der Waals surface area (Å²) in [5.74, 6) is 0.855. The van der Waals surface area contributed by atoms with E-state index in [4.69, 9.17) is 5.73 Å². The van der Waals surface area contributed by atoms with E-state index in [0.717, 1.165) is 12.0 Å². The van der Waals surface area contributed by atoms with Crippen molar-refractivity contribution >= 4 is 0 Å². The molecule has 1 aliphatic carbocycles.